The number of fused-ring (bicyclic) bond motifs is 1. The van der Waals surface area contributed by atoms with Gasteiger partial charge < -0.3 is 19.3 Å². The molecule has 0 radical (unpaired) electrons. The molecule has 0 saturated carbocycles. The average molecular weight is 264 g/mol. The van der Waals surface area contributed by atoms with Crippen LogP contribution in [-0.4, -0.2) is 31.5 Å². The predicted octanol–water partition coefficient (Wildman–Crippen LogP) is 2.24. The van der Waals surface area contributed by atoms with Crippen LogP contribution < -0.4 is 9.47 Å². The summed E-state index contributed by atoms with van der Waals surface area (Å²) in [6, 6.07) is 5.77. The number of benzene rings is 1. The Bertz CT molecular complexity index is 436. The van der Waals surface area contributed by atoms with Gasteiger partial charge in [-0.05, 0) is 30.5 Å². The standard InChI is InChI=1S/C15H20O4/c16-15(5-1-7-17-10-6-15)12-3-4-13-14(11-12)19-9-2-8-18-13/h3-4,11,16H,1-2,5-10H2. The van der Waals surface area contributed by atoms with Crippen molar-refractivity contribution in [2.45, 2.75) is 31.3 Å². The van der Waals surface area contributed by atoms with E-state index in [4.69, 9.17) is 14.2 Å². The Labute approximate surface area is 113 Å². The molecule has 1 aromatic rings. The molecule has 3 rings (SSSR count). The van der Waals surface area contributed by atoms with E-state index in [2.05, 4.69) is 0 Å². The monoisotopic (exact) mass is 264 g/mol. The van der Waals surface area contributed by atoms with Gasteiger partial charge in [0, 0.05) is 26.1 Å². The van der Waals surface area contributed by atoms with Crippen LogP contribution in [0.5, 0.6) is 11.5 Å². The summed E-state index contributed by atoms with van der Waals surface area (Å²) in [7, 11) is 0. The van der Waals surface area contributed by atoms with E-state index in [9.17, 15) is 5.11 Å². The van der Waals surface area contributed by atoms with E-state index in [0.717, 1.165) is 42.9 Å². The third-order valence-electron chi connectivity index (χ3n) is 3.82. The minimum absolute atomic E-state index is 0.602. The zero-order valence-electron chi connectivity index (χ0n) is 11.1. The van der Waals surface area contributed by atoms with Crippen molar-refractivity contribution in [1.82, 2.24) is 0 Å². The quantitative estimate of drug-likeness (QED) is 0.845. The molecule has 0 aliphatic carbocycles. The topological polar surface area (TPSA) is 47.9 Å². The zero-order valence-corrected chi connectivity index (χ0v) is 11.1. The number of aliphatic hydroxyl groups is 1. The Morgan fingerprint density at radius 2 is 1.74 bits per heavy atom. The summed E-state index contributed by atoms with van der Waals surface area (Å²) < 4.78 is 16.7. The molecule has 1 fully saturated rings. The summed E-state index contributed by atoms with van der Waals surface area (Å²) in [6.45, 7) is 2.68. The van der Waals surface area contributed by atoms with Crippen molar-refractivity contribution in [3.05, 3.63) is 23.8 Å². The first-order valence-corrected chi connectivity index (χ1v) is 6.98. The van der Waals surface area contributed by atoms with Gasteiger partial charge in [-0.25, -0.2) is 0 Å². The van der Waals surface area contributed by atoms with Crippen molar-refractivity contribution in [3.63, 3.8) is 0 Å². The molecule has 0 spiro atoms. The van der Waals surface area contributed by atoms with E-state index >= 15 is 0 Å². The highest BCUT2D eigenvalue weighted by Crippen LogP contribution is 2.38. The average Bonchev–Trinajstić information content (AvgIpc) is 2.78. The van der Waals surface area contributed by atoms with Crippen LogP contribution in [-0.2, 0) is 10.3 Å². The lowest BCUT2D eigenvalue weighted by Crippen LogP contribution is -2.25. The van der Waals surface area contributed by atoms with Gasteiger partial charge in [0.2, 0.25) is 0 Å². The normalized spacial score (nSPS) is 27.4. The van der Waals surface area contributed by atoms with Gasteiger partial charge in [0.1, 0.15) is 0 Å². The number of ether oxygens (including phenoxy) is 3. The van der Waals surface area contributed by atoms with Crippen LogP contribution in [0.4, 0.5) is 0 Å². The molecular formula is C15H20O4. The molecule has 0 bridgehead atoms. The molecule has 0 aromatic heterocycles. The molecule has 2 heterocycles. The lowest BCUT2D eigenvalue weighted by Gasteiger charge is -2.27. The van der Waals surface area contributed by atoms with Crippen LogP contribution in [0.15, 0.2) is 18.2 Å². The Hall–Kier alpha value is -1.26. The van der Waals surface area contributed by atoms with Gasteiger partial charge in [0.05, 0.1) is 18.8 Å². The fourth-order valence-corrected chi connectivity index (χ4v) is 2.68. The summed E-state index contributed by atoms with van der Waals surface area (Å²) in [5.74, 6) is 1.52. The molecule has 2 aliphatic heterocycles. The Kier molecular flexibility index (Phi) is 3.62. The second kappa shape index (κ2) is 5.39. The van der Waals surface area contributed by atoms with Crippen molar-refractivity contribution in [1.29, 1.82) is 0 Å². The molecule has 19 heavy (non-hydrogen) atoms. The maximum atomic E-state index is 10.8. The van der Waals surface area contributed by atoms with Crippen LogP contribution in [0.25, 0.3) is 0 Å². The van der Waals surface area contributed by atoms with Gasteiger partial charge in [0.15, 0.2) is 11.5 Å². The molecule has 1 atom stereocenters. The van der Waals surface area contributed by atoms with Crippen molar-refractivity contribution < 1.29 is 19.3 Å². The smallest absolute Gasteiger partial charge is 0.161 e. The fourth-order valence-electron chi connectivity index (χ4n) is 2.68. The van der Waals surface area contributed by atoms with Crippen molar-refractivity contribution in [2.24, 2.45) is 0 Å². The second-order valence-electron chi connectivity index (χ2n) is 5.21. The maximum Gasteiger partial charge on any atom is 0.161 e. The van der Waals surface area contributed by atoms with Crippen LogP contribution in [0, 0.1) is 0 Å². The molecule has 4 nitrogen and oxygen atoms in total. The second-order valence-corrected chi connectivity index (χ2v) is 5.21. The van der Waals surface area contributed by atoms with Crippen molar-refractivity contribution >= 4 is 0 Å². The Morgan fingerprint density at radius 1 is 0.895 bits per heavy atom. The van der Waals surface area contributed by atoms with E-state index in [1.807, 2.05) is 18.2 Å². The Morgan fingerprint density at radius 3 is 2.63 bits per heavy atom. The van der Waals surface area contributed by atoms with E-state index < -0.39 is 5.60 Å². The third kappa shape index (κ3) is 2.69. The Balaban J connectivity index is 1.89. The molecule has 2 aliphatic rings. The van der Waals surface area contributed by atoms with E-state index in [1.54, 1.807) is 0 Å². The molecule has 1 N–H and O–H groups in total. The first-order chi connectivity index (χ1) is 9.28. The number of hydrogen-bond donors (Lipinski definition) is 1. The van der Waals surface area contributed by atoms with Crippen LogP contribution >= 0.6 is 0 Å². The first-order valence-electron chi connectivity index (χ1n) is 6.98. The predicted molar refractivity (Wildman–Crippen MR) is 70.6 cm³/mol. The van der Waals surface area contributed by atoms with E-state index in [-0.39, 0.29) is 0 Å². The largest absolute Gasteiger partial charge is 0.490 e. The fraction of sp³-hybridized carbons (Fsp3) is 0.600. The highest BCUT2D eigenvalue weighted by molar-refractivity contribution is 5.45. The van der Waals surface area contributed by atoms with Gasteiger partial charge in [-0.3, -0.25) is 0 Å². The lowest BCUT2D eigenvalue weighted by molar-refractivity contribution is 0.0142. The van der Waals surface area contributed by atoms with Crippen LogP contribution in [0.2, 0.25) is 0 Å². The molecule has 1 aromatic carbocycles. The van der Waals surface area contributed by atoms with E-state index in [1.165, 1.54) is 0 Å². The SMILES string of the molecule is OC1(c2ccc3c(c2)OCCCO3)CCCOCC1. The molecule has 1 saturated heterocycles. The highest BCUT2D eigenvalue weighted by Gasteiger charge is 2.31. The summed E-state index contributed by atoms with van der Waals surface area (Å²) in [5.41, 5.74) is 0.100. The van der Waals surface area contributed by atoms with Crippen molar-refractivity contribution in [2.75, 3.05) is 26.4 Å². The van der Waals surface area contributed by atoms with Gasteiger partial charge in [-0.15, -0.1) is 0 Å². The summed E-state index contributed by atoms with van der Waals surface area (Å²) in [6.07, 6.45) is 3.13. The van der Waals surface area contributed by atoms with Crippen LogP contribution in [0.3, 0.4) is 0 Å². The summed E-state index contributed by atoms with van der Waals surface area (Å²) in [4.78, 5) is 0. The summed E-state index contributed by atoms with van der Waals surface area (Å²) in [5, 5.41) is 10.8. The minimum atomic E-state index is -0.804. The lowest BCUT2D eigenvalue weighted by atomic mass is 9.87. The minimum Gasteiger partial charge on any atom is -0.490 e. The molecule has 1 unspecified atom stereocenters. The van der Waals surface area contributed by atoms with Crippen LogP contribution in [0.1, 0.15) is 31.2 Å². The highest BCUT2D eigenvalue weighted by atomic mass is 16.5. The molecular weight excluding hydrogens is 244 g/mol. The maximum absolute atomic E-state index is 10.8. The number of rotatable bonds is 1. The van der Waals surface area contributed by atoms with Gasteiger partial charge in [-0.1, -0.05) is 6.07 Å². The van der Waals surface area contributed by atoms with E-state index in [0.29, 0.717) is 26.2 Å². The molecule has 0 amide bonds. The molecule has 104 valence electrons. The van der Waals surface area contributed by atoms with Gasteiger partial charge in [0.25, 0.3) is 0 Å². The van der Waals surface area contributed by atoms with Crippen molar-refractivity contribution in [3.8, 4) is 11.5 Å². The summed E-state index contributed by atoms with van der Waals surface area (Å²) >= 11 is 0. The first kappa shape index (κ1) is 12.8. The molecule has 4 heteroatoms. The van der Waals surface area contributed by atoms with Gasteiger partial charge >= 0.3 is 0 Å². The third-order valence-corrected chi connectivity index (χ3v) is 3.82. The zero-order chi connectivity index (χ0) is 13.1. The van der Waals surface area contributed by atoms with Gasteiger partial charge in [-0.2, -0.15) is 0 Å². The number of hydrogen-bond acceptors (Lipinski definition) is 4.